The first-order chi connectivity index (χ1) is 13.3. The van der Waals surface area contributed by atoms with Gasteiger partial charge in [0.15, 0.2) is 0 Å². The molecule has 0 bridgehead atoms. The van der Waals surface area contributed by atoms with Gasteiger partial charge in [0.1, 0.15) is 6.61 Å². The molecule has 5 heteroatoms. The smallest absolute Gasteiger partial charge is 0.306 e. The highest BCUT2D eigenvalue weighted by Gasteiger charge is 2.03. The summed E-state index contributed by atoms with van der Waals surface area (Å²) >= 11 is 4.06. The molecule has 0 aromatic carbocycles. The Bertz CT molecular complexity index is 457. The molecule has 0 spiro atoms. The van der Waals surface area contributed by atoms with E-state index in [9.17, 15) is 4.79 Å². The van der Waals surface area contributed by atoms with E-state index in [-0.39, 0.29) is 5.97 Å². The van der Waals surface area contributed by atoms with Crippen LogP contribution in [0.5, 0.6) is 0 Å². The molecule has 0 radical (unpaired) electrons. The zero-order valence-electron chi connectivity index (χ0n) is 17.0. The summed E-state index contributed by atoms with van der Waals surface area (Å²) in [5, 5.41) is 1.18. The minimum absolute atomic E-state index is 0.104. The van der Waals surface area contributed by atoms with Crippen molar-refractivity contribution in [1.29, 1.82) is 0 Å². The third kappa shape index (κ3) is 16.0. The van der Waals surface area contributed by atoms with Gasteiger partial charge in [0.05, 0.1) is 0 Å². The second-order valence-corrected chi connectivity index (χ2v) is 9.46. The molecule has 0 aliphatic heterocycles. The van der Waals surface area contributed by atoms with Crippen LogP contribution in [0, 0.1) is 0 Å². The van der Waals surface area contributed by atoms with Crippen LogP contribution >= 0.6 is 23.5 Å². The summed E-state index contributed by atoms with van der Waals surface area (Å²) in [5.41, 5.74) is 0.940. The first-order valence-electron chi connectivity index (χ1n) is 10.5. The standard InChI is InChI=1S/C22H37NO2S2/c1-2-3-4-5-6-7-8-10-16-26-20-27-17-11-9-14-22(24)25-19-21-13-12-15-23-18-21/h12-13,15,18H,2-11,14,16-17,19-20H2,1H3. The number of hydrogen-bond acceptors (Lipinski definition) is 5. The number of pyridine rings is 1. The molecule has 0 N–H and O–H groups in total. The molecular formula is C22H37NO2S2. The first-order valence-corrected chi connectivity index (χ1v) is 12.8. The zero-order valence-corrected chi connectivity index (χ0v) is 18.6. The Morgan fingerprint density at radius 2 is 1.63 bits per heavy atom. The average molecular weight is 412 g/mol. The van der Waals surface area contributed by atoms with Gasteiger partial charge in [0.25, 0.3) is 0 Å². The average Bonchev–Trinajstić information content (AvgIpc) is 2.70. The Morgan fingerprint density at radius 3 is 2.30 bits per heavy atom. The second-order valence-electron chi connectivity index (χ2n) is 6.89. The summed E-state index contributed by atoms with van der Waals surface area (Å²) in [7, 11) is 0. The van der Waals surface area contributed by atoms with E-state index < -0.39 is 0 Å². The summed E-state index contributed by atoms with van der Waals surface area (Å²) in [6.07, 6.45) is 17.2. The predicted molar refractivity (Wildman–Crippen MR) is 120 cm³/mol. The van der Waals surface area contributed by atoms with E-state index in [2.05, 4.69) is 23.7 Å². The number of unbranched alkanes of at least 4 members (excludes halogenated alkanes) is 8. The normalized spacial score (nSPS) is 10.9. The molecule has 1 rings (SSSR count). The molecule has 1 aromatic rings. The highest BCUT2D eigenvalue weighted by molar-refractivity contribution is 8.15. The number of aromatic nitrogens is 1. The first kappa shape index (κ1) is 24.4. The number of hydrogen-bond donors (Lipinski definition) is 0. The summed E-state index contributed by atoms with van der Waals surface area (Å²) < 4.78 is 5.26. The van der Waals surface area contributed by atoms with E-state index in [1.165, 1.54) is 62.2 Å². The van der Waals surface area contributed by atoms with Crippen LogP contribution in [0.25, 0.3) is 0 Å². The van der Waals surface area contributed by atoms with Crippen LogP contribution in [0.1, 0.15) is 83.1 Å². The summed E-state index contributed by atoms with van der Waals surface area (Å²) in [5.74, 6) is 2.33. The lowest BCUT2D eigenvalue weighted by atomic mass is 10.1. The highest BCUT2D eigenvalue weighted by atomic mass is 32.2. The topological polar surface area (TPSA) is 39.2 Å². The fraction of sp³-hybridized carbons (Fsp3) is 0.727. The zero-order chi connectivity index (χ0) is 19.4. The van der Waals surface area contributed by atoms with Crippen molar-refractivity contribution in [3.63, 3.8) is 0 Å². The van der Waals surface area contributed by atoms with Crippen LogP contribution in [0.2, 0.25) is 0 Å². The summed E-state index contributed by atoms with van der Waals surface area (Å²) in [6.45, 7) is 2.60. The van der Waals surface area contributed by atoms with Crippen LogP contribution in [0.4, 0.5) is 0 Å². The molecule has 3 nitrogen and oxygen atoms in total. The molecule has 0 aliphatic rings. The van der Waals surface area contributed by atoms with Crippen molar-refractivity contribution in [2.45, 2.75) is 84.2 Å². The largest absolute Gasteiger partial charge is 0.461 e. The van der Waals surface area contributed by atoms with Gasteiger partial charge < -0.3 is 4.74 Å². The van der Waals surface area contributed by atoms with Crippen molar-refractivity contribution in [2.75, 3.05) is 16.6 Å². The van der Waals surface area contributed by atoms with Crippen molar-refractivity contribution in [2.24, 2.45) is 0 Å². The molecular weight excluding hydrogens is 374 g/mol. The van der Waals surface area contributed by atoms with Crippen molar-refractivity contribution in [3.05, 3.63) is 30.1 Å². The maximum Gasteiger partial charge on any atom is 0.306 e. The summed E-state index contributed by atoms with van der Waals surface area (Å²) in [4.78, 5) is 15.7. The molecule has 0 amide bonds. The van der Waals surface area contributed by atoms with Crippen molar-refractivity contribution in [3.8, 4) is 0 Å². The molecule has 0 atom stereocenters. The third-order valence-electron chi connectivity index (χ3n) is 4.35. The van der Waals surface area contributed by atoms with Gasteiger partial charge in [-0.15, -0.1) is 0 Å². The Balaban J connectivity index is 1.77. The number of ether oxygens (including phenoxy) is 1. The van der Waals surface area contributed by atoms with Crippen LogP contribution in [-0.4, -0.2) is 27.5 Å². The number of carbonyl (C=O) groups is 1. The van der Waals surface area contributed by atoms with Gasteiger partial charge in [-0.2, -0.15) is 23.5 Å². The molecule has 0 saturated heterocycles. The number of nitrogens with zero attached hydrogens (tertiary/aromatic N) is 1. The second kappa shape index (κ2) is 18.7. The highest BCUT2D eigenvalue weighted by Crippen LogP contribution is 2.17. The Hall–Kier alpha value is -0.680. The molecule has 1 aromatic heterocycles. The van der Waals surface area contributed by atoms with E-state index in [1.807, 2.05) is 23.9 Å². The Morgan fingerprint density at radius 1 is 0.963 bits per heavy atom. The van der Waals surface area contributed by atoms with Gasteiger partial charge in [0.2, 0.25) is 0 Å². The Kier molecular flexibility index (Phi) is 16.8. The van der Waals surface area contributed by atoms with Crippen LogP contribution in [-0.2, 0) is 16.1 Å². The lowest BCUT2D eigenvalue weighted by molar-refractivity contribution is -0.145. The maximum absolute atomic E-state index is 11.7. The number of esters is 1. The SMILES string of the molecule is CCCCCCCCCCSCSCCCCC(=O)OCc1cccnc1. The van der Waals surface area contributed by atoms with Crippen molar-refractivity contribution >= 4 is 29.5 Å². The molecule has 1 heterocycles. The maximum atomic E-state index is 11.7. The quantitative estimate of drug-likeness (QED) is 0.150. The minimum Gasteiger partial charge on any atom is -0.461 e. The van der Waals surface area contributed by atoms with E-state index in [4.69, 9.17) is 4.74 Å². The van der Waals surface area contributed by atoms with Crippen LogP contribution in [0.15, 0.2) is 24.5 Å². The minimum atomic E-state index is -0.104. The summed E-state index contributed by atoms with van der Waals surface area (Å²) in [6, 6.07) is 3.77. The molecule has 27 heavy (non-hydrogen) atoms. The molecule has 154 valence electrons. The number of thioether (sulfide) groups is 2. The third-order valence-corrected chi connectivity index (χ3v) is 6.84. The Labute approximate surface area is 174 Å². The van der Waals surface area contributed by atoms with E-state index >= 15 is 0 Å². The van der Waals surface area contributed by atoms with Crippen LogP contribution < -0.4 is 0 Å². The van der Waals surface area contributed by atoms with Crippen LogP contribution in [0.3, 0.4) is 0 Å². The van der Waals surface area contributed by atoms with E-state index in [0.29, 0.717) is 13.0 Å². The van der Waals surface area contributed by atoms with Gasteiger partial charge >= 0.3 is 5.97 Å². The predicted octanol–water partition coefficient (Wildman–Crippen LogP) is 6.86. The van der Waals surface area contributed by atoms with Gasteiger partial charge in [0, 0.05) is 29.5 Å². The van der Waals surface area contributed by atoms with Crippen molar-refractivity contribution in [1.82, 2.24) is 4.98 Å². The molecule has 0 aliphatic carbocycles. The molecule has 0 unspecified atom stereocenters. The monoisotopic (exact) mass is 411 g/mol. The van der Waals surface area contributed by atoms with Crippen molar-refractivity contribution < 1.29 is 9.53 Å². The lowest BCUT2D eigenvalue weighted by Gasteiger charge is -2.05. The number of carbonyl (C=O) groups excluding carboxylic acids is 1. The molecule has 0 fully saturated rings. The fourth-order valence-corrected chi connectivity index (χ4v) is 4.94. The van der Waals surface area contributed by atoms with Gasteiger partial charge in [-0.25, -0.2) is 0 Å². The fourth-order valence-electron chi connectivity index (χ4n) is 2.71. The molecule has 0 saturated carbocycles. The van der Waals surface area contributed by atoms with Gasteiger partial charge in [-0.1, -0.05) is 57.9 Å². The van der Waals surface area contributed by atoms with E-state index in [0.717, 1.165) is 24.2 Å². The van der Waals surface area contributed by atoms with Gasteiger partial charge in [-0.3, -0.25) is 9.78 Å². The number of rotatable bonds is 18. The van der Waals surface area contributed by atoms with Gasteiger partial charge in [-0.05, 0) is 36.8 Å². The van der Waals surface area contributed by atoms with E-state index in [1.54, 1.807) is 12.4 Å². The lowest BCUT2D eigenvalue weighted by Crippen LogP contribution is -2.04.